The van der Waals surface area contributed by atoms with Crippen molar-refractivity contribution in [1.29, 1.82) is 0 Å². The summed E-state index contributed by atoms with van der Waals surface area (Å²) in [6.07, 6.45) is 0. The fourth-order valence-electron chi connectivity index (χ4n) is 2.61. The predicted molar refractivity (Wildman–Crippen MR) is 92.0 cm³/mol. The molecule has 7 nitrogen and oxygen atoms in total. The topological polar surface area (TPSA) is 70.8 Å². The zero-order chi connectivity index (χ0) is 17.1. The Morgan fingerprint density at radius 3 is 2.67 bits per heavy atom. The maximum Gasteiger partial charge on any atom is 0.322 e. The van der Waals surface area contributed by atoms with Gasteiger partial charge in [0.2, 0.25) is 0 Å². The highest BCUT2D eigenvalue weighted by molar-refractivity contribution is 6.31. The third kappa shape index (κ3) is 3.56. The van der Waals surface area contributed by atoms with Crippen LogP contribution in [0.1, 0.15) is 5.76 Å². The highest BCUT2D eigenvalue weighted by Gasteiger charge is 2.23. The van der Waals surface area contributed by atoms with E-state index in [1.807, 2.05) is 13.0 Å². The second kappa shape index (κ2) is 7.00. The number of aryl methyl sites for hydroxylation is 1. The molecule has 0 bridgehead atoms. The van der Waals surface area contributed by atoms with Gasteiger partial charge in [-0.05, 0) is 25.1 Å². The molecule has 1 aliphatic rings. The van der Waals surface area contributed by atoms with Crippen LogP contribution in [0.25, 0.3) is 0 Å². The molecular formula is C16H19ClN4O3. The van der Waals surface area contributed by atoms with E-state index < -0.39 is 0 Å². The van der Waals surface area contributed by atoms with Crippen LogP contribution in [0.5, 0.6) is 5.75 Å². The highest BCUT2D eigenvalue weighted by Crippen LogP contribution is 2.28. The number of amides is 2. The summed E-state index contributed by atoms with van der Waals surface area (Å²) in [7, 11) is 1.55. The molecule has 8 heteroatoms. The summed E-state index contributed by atoms with van der Waals surface area (Å²) in [6.45, 7) is 4.46. The smallest absolute Gasteiger partial charge is 0.322 e. The van der Waals surface area contributed by atoms with Crippen LogP contribution in [0.2, 0.25) is 5.02 Å². The first-order valence-corrected chi connectivity index (χ1v) is 8.02. The summed E-state index contributed by atoms with van der Waals surface area (Å²) < 4.78 is 10.3. The van der Waals surface area contributed by atoms with Crippen LogP contribution < -0.4 is 15.0 Å². The van der Waals surface area contributed by atoms with E-state index in [0.29, 0.717) is 42.6 Å². The van der Waals surface area contributed by atoms with Crippen molar-refractivity contribution in [3.63, 3.8) is 0 Å². The number of rotatable bonds is 3. The Bertz CT molecular complexity index is 726. The zero-order valence-electron chi connectivity index (χ0n) is 13.6. The third-order valence-electron chi connectivity index (χ3n) is 3.91. The highest BCUT2D eigenvalue weighted by atomic mass is 35.5. The molecule has 2 amide bonds. The van der Waals surface area contributed by atoms with Gasteiger partial charge < -0.3 is 24.4 Å². The van der Waals surface area contributed by atoms with Gasteiger partial charge >= 0.3 is 6.03 Å². The minimum Gasteiger partial charge on any atom is -0.495 e. The number of methoxy groups -OCH3 is 1. The number of hydrogen-bond acceptors (Lipinski definition) is 5. The normalized spacial score (nSPS) is 14.6. The number of halogens is 1. The molecular weight excluding hydrogens is 332 g/mol. The molecule has 0 unspecified atom stereocenters. The molecule has 0 spiro atoms. The second-order valence-electron chi connectivity index (χ2n) is 5.54. The fraction of sp³-hybridized carbons (Fsp3) is 0.375. The van der Waals surface area contributed by atoms with Crippen LogP contribution in [0.3, 0.4) is 0 Å². The molecule has 0 radical (unpaired) electrons. The number of piperazine rings is 1. The molecule has 0 atom stereocenters. The quantitative estimate of drug-likeness (QED) is 0.921. The van der Waals surface area contributed by atoms with Gasteiger partial charge in [0, 0.05) is 37.3 Å². The van der Waals surface area contributed by atoms with Crippen LogP contribution in [-0.2, 0) is 0 Å². The van der Waals surface area contributed by atoms with Gasteiger partial charge in [-0.15, -0.1) is 0 Å². The van der Waals surface area contributed by atoms with Crippen LogP contribution in [0.15, 0.2) is 28.8 Å². The van der Waals surface area contributed by atoms with Gasteiger partial charge in [0.1, 0.15) is 11.5 Å². The molecule has 2 aromatic rings. The number of urea groups is 1. The Hall–Kier alpha value is -2.41. The van der Waals surface area contributed by atoms with E-state index >= 15 is 0 Å². The molecule has 0 saturated carbocycles. The van der Waals surface area contributed by atoms with Crippen molar-refractivity contribution in [3.8, 4) is 5.75 Å². The molecule has 0 aliphatic carbocycles. The molecule has 128 valence electrons. The average molecular weight is 351 g/mol. The summed E-state index contributed by atoms with van der Waals surface area (Å²) in [6, 6.07) is 6.84. The van der Waals surface area contributed by atoms with Gasteiger partial charge in [-0.2, -0.15) is 0 Å². The first kappa shape index (κ1) is 16.4. The number of carbonyl (C=O) groups excluding carboxylic acids is 1. The summed E-state index contributed by atoms with van der Waals surface area (Å²) in [5, 5.41) is 7.40. The number of anilines is 2. The predicted octanol–water partition coefficient (Wildman–Crippen LogP) is 3.00. The van der Waals surface area contributed by atoms with Gasteiger partial charge in [0.15, 0.2) is 5.82 Å². The SMILES string of the molecule is COc1ccc(Cl)cc1NC(=O)N1CCN(c2cc(C)on2)CC1. The van der Waals surface area contributed by atoms with Crippen molar-refractivity contribution < 1.29 is 14.1 Å². The van der Waals surface area contributed by atoms with E-state index in [1.54, 1.807) is 30.2 Å². The number of aromatic nitrogens is 1. The maximum atomic E-state index is 12.5. The fourth-order valence-corrected chi connectivity index (χ4v) is 2.79. The Labute approximate surface area is 145 Å². The standard InChI is InChI=1S/C16H19ClN4O3/c1-11-9-15(19-24-11)20-5-7-21(8-6-20)16(22)18-13-10-12(17)3-4-14(13)23-2/h3-4,9-10H,5-8H2,1-2H3,(H,18,22). The number of nitrogens with one attached hydrogen (secondary N) is 1. The monoisotopic (exact) mass is 350 g/mol. The first-order valence-electron chi connectivity index (χ1n) is 7.64. The molecule has 2 heterocycles. The van der Waals surface area contributed by atoms with Crippen LogP contribution in [0.4, 0.5) is 16.3 Å². The van der Waals surface area contributed by atoms with Crippen molar-refractivity contribution in [2.24, 2.45) is 0 Å². The molecule has 1 saturated heterocycles. The lowest BCUT2D eigenvalue weighted by Crippen LogP contribution is -2.50. The van der Waals surface area contributed by atoms with Gasteiger partial charge in [-0.3, -0.25) is 0 Å². The van der Waals surface area contributed by atoms with Crippen molar-refractivity contribution >= 4 is 29.1 Å². The third-order valence-corrected chi connectivity index (χ3v) is 4.14. The van der Waals surface area contributed by atoms with Crippen LogP contribution in [-0.4, -0.2) is 49.4 Å². The second-order valence-corrected chi connectivity index (χ2v) is 5.98. The molecule has 1 aliphatic heterocycles. The number of hydrogen-bond donors (Lipinski definition) is 1. The molecule has 1 N–H and O–H groups in total. The van der Waals surface area contributed by atoms with E-state index in [0.717, 1.165) is 11.6 Å². The largest absolute Gasteiger partial charge is 0.495 e. The number of carbonyl (C=O) groups is 1. The lowest BCUT2D eigenvalue weighted by molar-refractivity contribution is 0.208. The summed E-state index contributed by atoms with van der Waals surface area (Å²) in [4.78, 5) is 16.3. The minimum absolute atomic E-state index is 0.174. The van der Waals surface area contributed by atoms with Gasteiger partial charge in [-0.1, -0.05) is 16.8 Å². The average Bonchev–Trinajstić information content (AvgIpc) is 3.02. The van der Waals surface area contributed by atoms with Crippen molar-refractivity contribution in [2.75, 3.05) is 43.5 Å². The number of nitrogens with zero attached hydrogens (tertiary/aromatic N) is 3. The maximum absolute atomic E-state index is 12.5. The molecule has 1 aromatic heterocycles. The van der Waals surface area contributed by atoms with E-state index in [9.17, 15) is 4.79 Å². The van der Waals surface area contributed by atoms with Gasteiger partial charge in [-0.25, -0.2) is 4.79 Å². The first-order chi connectivity index (χ1) is 11.6. The Morgan fingerprint density at radius 2 is 2.04 bits per heavy atom. The molecule has 1 fully saturated rings. The Balaban J connectivity index is 1.60. The summed E-state index contributed by atoms with van der Waals surface area (Å²) >= 11 is 5.99. The van der Waals surface area contributed by atoms with Gasteiger partial charge in [0.05, 0.1) is 12.8 Å². The molecule has 24 heavy (non-hydrogen) atoms. The van der Waals surface area contributed by atoms with Crippen LogP contribution >= 0.6 is 11.6 Å². The Morgan fingerprint density at radius 1 is 1.29 bits per heavy atom. The summed E-state index contributed by atoms with van der Waals surface area (Å²) in [5.41, 5.74) is 0.560. The van der Waals surface area contributed by atoms with Crippen LogP contribution in [0, 0.1) is 6.92 Å². The van der Waals surface area contributed by atoms with Crippen molar-refractivity contribution in [2.45, 2.75) is 6.92 Å². The lowest BCUT2D eigenvalue weighted by Gasteiger charge is -2.34. The van der Waals surface area contributed by atoms with E-state index in [4.69, 9.17) is 20.9 Å². The zero-order valence-corrected chi connectivity index (χ0v) is 14.3. The van der Waals surface area contributed by atoms with E-state index in [2.05, 4.69) is 15.4 Å². The van der Waals surface area contributed by atoms with E-state index in [1.165, 1.54) is 0 Å². The van der Waals surface area contributed by atoms with Crippen molar-refractivity contribution in [3.05, 3.63) is 35.0 Å². The minimum atomic E-state index is -0.174. The van der Waals surface area contributed by atoms with Gasteiger partial charge in [0.25, 0.3) is 0 Å². The summed E-state index contributed by atoms with van der Waals surface area (Å²) in [5.74, 6) is 2.16. The molecule has 1 aromatic carbocycles. The van der Waals surface area contributed by atoms with E-state index in [-0.39, 0.29) is 6.03 Å². The van der Waals surface area contributed by atoms with Crippen molar-refractivity contribution in [1.82, 2.24) is 10.1 Å². The number of benzene rings is 1. The lowest BCUT2D eigenvalue weighted by atomic mass is 10.3. The number of ether oxygens (including phenoxy) is 1. The molecule has 3 rings (SSSR count). The Kier molecular flexibility index (Phi) is 4.80.